The first-order valence-electron chi connectivity index (χ1n) is 22.1. The van der Waals surface area contributed by atoms with Gasteiger partial charge in [-0.15, -0.1) is 11.3 Å². The molecule has 0 atom stereocenters. The van der Waals surface area contributed by atoms with E-state index in [1.54, 1.807) is 17.4 Å². The van der Waals surface area contributed by atoms with Crippen molar-refractivity contribution in [1.82, 2.24) is 0 Å². The van der Waals surface area contributed by atoms with Gasteiger partial charge in [0.25, 0.3) is 0 Å². The van der Waals surface area contributed by atoms with E-state index in [4.69, 9.17) is 7.16 Å². The summed E-state index contributed by atoms with van der Waals surface area (Å²) in [6.07, 6.45) is 0. The molecule has 0 N–H and O–H groups in total. The molecule has 1 aliphatic rings. The summed E-state index contributed by atoms with van der Waals surface area (Å²) in [5.41, 5.74) is 13.9. The number of anilines is 3. The number of thiophene rings is 1. The minimum Gasteiger partial charge on any atom is -0.456 e. The molecule has 12 aromatic rings. The molecule has 10 aromatic carbocycles. The topological polar surface area (TPSA) is 16.4 Å². The SMILES string of the molecule is [2H]c1ccc2c(sc3cccc(N(c4ccc5oc6cc(-c7ccccc7)ccc6c5c4)c4ccc(C5(c6ccccc6)c6ccccc6-c6ccccc65)c5ccccc45)c32)c1[2H]. The van der Waals surface area contributed by atoms with E-state index in [1.165, 1.54) is 38.8 Å². The van der Waals surface area contributed by atoms with Crippen LogP contribution in [0.25, 0.3) is 75.1 Å². The van der Waals surface area contributed by atoms with Gasteiger partial charge < -0.3 is 9.32 Å². The summed E-state index contributed by atoms with van der Waals surface area (Å²) in [6, 6.07) is 76.6. The van der Waals surface area contributed by atoms with Crippen molar-refractivity contribution in [1.29, 1.82) is 0 Å². The summed E-state index contributed by atoms with van der Waals surface area (Å²) in [7, 11) is 0. The van der Waals surface area contributed by atoms with Gasteiger partial charge in [0, 0.05) is 42.0 Å². The Balaban J connectivity index is 1.10. The second-order valence-electron chi connectivity index (χ2n) is 16.2. The average molecular weight is 810 g/mol. The van der Waals surface area contributed by atoms with Gasteiger partial charge in [-0.05, 0) is 104 Å². The van der Waals surface area contributed by atoms with Crippen LogP contribution in [-0.4, -0.2) is 0 Å². The molecule has 0 amide bonds. The molecule has 290 valence electrons. The lowest BCUT2D eigenvalue weighted by molar-refractivity contribution is 0.669. The fraction of sp³-hybridized carbons (Fsp3) is 0.0169. The van der Waals surface area contributed by atoms with Crippen molar-refractivity contribution in [3.8, 4) is 22.3 Å². The zero-order valence-corrected chi connectivity index (χ0v) is 34.3. The van der Waals surface area contributed by atoms with Crippen LogP contribution >= 0.6 is 11.3 Å². The molecular formula is C59H37NOS. The molecule has 2 aromatic heterocycles. The van der Waals surface area contributed by atoms with Crippen molar-refractivity contribution in [2.45, 2.75) is 5.41 Å². The monoisotopic (exact) mass is 809 g/mol. The van der Waals surface area contributed by atoms with Gasteiger partial charge in [0.2, 0.25) is 0 Å². The highest BCUT2D eigenvalue weighted by Crippen LogP contribution is 2.58. The highest BCUT2D eigenvalue weighted by atomic mass is 32.1. The molecule has 2 nitrogen and oxygen atoms in total. The van der Waals surface area contributed by atoms with Gasteiger partial charge in [0.05, 0.1) is 19.5 Å². The first-order chi connectivity index (χ1) is 31.6. The first-order valence-corrected chi connectivity index (χ1v) is 21.9. The fourth-order valence-electron chi connectivity index (χ4n) is 10.4. The maximum Gasteiger partial charge on any atom is 0.136 e. The van der Waals surface area contributed by atoms with Crippen molar-refractivity contribution in [2.24, 2.45) is 0 Å². The Hall–Kier alpha value is -7.72. The third-order valence-corrected chi connectivity index (χ3v) is 14.1. The summed E-state index contributed by atoms with van der Waals surface area (Å²) in [5.74, 6) is 0. The third kappa shape index (κ3) is 5.03. The summed E-state index contributed by atoms with van der Waals surface area (Å²) < 4.78 is 26.0. The van der Waals surface area contributed by atoms with Gasteiger partial charge in [-0.25, -0.2) is 0 Å². The Morgan fingerprint density at radius 2 is 1.15 bits per heavy atom. The number of benzene rings is 10. The van der Waals surface area contributed by atoms with Gasteiger partial charge in [-0.2, -0.15) is 0 Å². The molecule has 0 saturated carbocycles. The van der Waals surface area contributed by atoms with Crippen LogP contribution in [0, 0.1) is 0 Å². The second kappa shape index (κ2) is 13.7. The number of nitrogens with zero attached hydrogens (tertiary/aromatic N) is 1. The maximum atomic E-state index is 8.95. The minimum absolute atomic E-state index is 0.231. The van der Waals surface area contributed by atoms with Crippen molar-refractivity contribution in [2.75, 3.05) is 4.90 Å². The predicted octanol–water partition coefficient (Wildman–Crippen LogP) is 16.6. The average Bonchev–Trinajstić information content (AvgIpc) is 4.02. The summed E-state index contributed by atoms with van der Waals surface area (Å²) >= 11 is 1.59. The van der Waals surface area contributed by atoms with Crippen LogP contribution in [0.5, 0.6) is 0 Å². The van der Waals surface area contributed by atoms with E-state index in [0.717, 1.165) is 75.7 Å². The summed E-state index contributed by atoms with van der Waals surface area (Å²) in [5, 5.41) is 6.42. The Kier molecular flexibility index (Phi) is 7.28. The summed E-state index contributed by atoms with van der Waals surface area (Å²) in [6.45, 7) is 0. The van der Waals surface area contributed by atoms with E-state index in [-0.39, 0.29) is 12.1 Å². The van der Waals surface area contributed by atoms with Crippen molar-refractivity contribution in [3.63, 3.8) is 0 Å². The Morgan fingerprint density at radius 3 is 1.95 bits per heavy atom. The van der Waals surface area contributed by atoms with E-state index in [2.05, 4.69) is 199 Å². The van der Waals surface area contributed by atoms with Crippen LogP contribution in [0.15, 0.2) is 229 Å². The molecule has 2 heterocycles. The standard InChI is InChI=1S/C59H37NOS/c1-3-16-38(17-4-1)39-30-32-46-48-37-41(31-35-54(48)61-55(46)36-39)60(53-27-15-29-57-58(53)47-24-11-14-28-56(47)62-57)52-34-33-51(44-22-7-8-23-45(44)52)59(40-18-5-2-6-19-40)49-25-12-9-20-42(49)43-21-10-13-26-50(43)59/h1-37H/i14D,28D. The molecule has 0 saturated heterocycles. The van der Waals surface area contributed by atoms with Crippen LogP contribution in [0.1, 0.15) is 25.0 Å². The molecule has 13 rings (SSSR count). The maximum absolute atomic E-state index is 8.95. The first kappa shape index (κ1) is 33.1. The van der Waals surface area contributed by atoms with E-state index in [1.807, 2.05) is 12.1 Å². The molecule has 0 unspecified atom stereocenters. The largest absolute Gasteiger partial charge is 0.456 e. The number of fused-ring (bicyclic) bond motifs is 10. The lowest BCUT2D eigenvalue weighted by Gasteiger charge is -2.36. The normalized spacial score (nSPS) is 13.4. The van der Waals surface area contributed by atoms with Gasteiger partial charge in [0.1, 0.15) is 11.2 Å². The highest BCUT2D eigenvalue weighted by molar-refractivity contribution is 7.26. The van der Waals surface area contributed by atoms with Crippen molar-refractivity contribution in [3.05, 3.63) is 247 Å². The molecule has 0 spiro atoms. The number of hydrogen-bond acceptors (Lipinski definition) is 3. The molecule has 3 heteroatoms. The summed E-state index contributed by atoms with van der Waals surface area (Å²) in [4.78, 5) is 2.40. The van der Waals surface area contributed by atoms with E-state index in [0.29, 0.717) is 0 Å². The van der Waals surface area contributed by atoms with Crippen LogP contribution in [0.4, 0.5) is 17.1 Å². The molecule has 0 bridgehead atoms. The lowest BCUT2D eigenvalue weighted by atomic mass is 9.66. The van der Waals surface area contributed by atoms with E-state index in [9.17, 15) is 0 Å². The molecule has 1 aliphatic carbocycles. The highest BCUT2D eigenvalue weighted by Gasteiger charge is 2.46. The van der Waals surface area contributed by atoms with Crippen molar-refractivity contribution < 1.29 is 7.16 Å². The van der Waals surface area contributed by atoms with Crippen LogP contribution in [-0.2, 0) is 5.41 Å². The van der Waals surface area contributed by atoms with E-state index >= 15 is 0 Å². The molecule has 62 heavy (non-hydrogen) atoms. The second-order valence-corrected chi connectivity index (χ2v) is 17.2. The quantitative estimate of drug-likeness (QED) is 0.166. The minimum atomic E-state index is -0.577. The predicted molar refractivity (Wildman–Crippen MR) is 262 cm³/mol. The molecular weight excluding hydrogens is 771 g/mol. The zero-order chi connectivity index (χ0) is 42.5. The Labute approximate surface area is 366 Å². The molecule has 0 fully saturated rings. The van der Waals surface area contributed by atoms with Crippen LogP contribution in [0.3, 0.4) is 0 Å². The van der Waals surface area contributed by atoms with Crippen molar-refractivity contribution >= 4 is 81.3 Å². The lowest BCUT2D eigenvalue weighted by Crippen LogP contribution is -2.29. The number of furan rings is 1. The molecule has 0 aliphatic heterocycles. The van der Waals surface area contributed by atoms with Gasteiger partial charge in [0.15, 0.2) is 0 Å². The smallest absolute Gasteiger partial charge is 0.136 e. The molecule has 0 radical (unpaired) electrons. The number of rotatable bonds is 6. The fourth-order valence-corrected chi connectivity index (χ4v) is 11.5. The number of hydrogen-bond donors (Lipinski definition) is 0. The Bertz CT molecular complexity index is 3790. The van der Waals surface area contributed by atoms with Crippen LogP contribution < -0.4 is 4.90 Å². The van der Waals surface area contributed by atoms with Gasteiger partial charge in [-0.3, -0.25) is 0 Å². The Morgan fingerprint density at radius 1 is 0.435 bits per heavy atom. The third-order valence-electron chi connectivity index (χ3n) is 13.0. The van der Waals surface area contributed by atoms with Gasteiger partial charge >= 0.3 is 0 Å². The van der Waals surface area contributed by atoms with E-state index < -0.39 is 5.41 Å². The van der Waals surface area contributed by atoms with Gasteiger partial charge in [-0.1, -0.05) is 170 Å². The zero-order valence-electron chi connectivity index (χ0n) is 35.5. The van der Waals surface area contributed by atoms with Crippen LogP contribution in [0.2, 0.25) is 0 Å².